The highest BCUT2D eigenvalue weighted by molar-refractivity contribution is 5.88. The molecule has 2 heterocycles. The average Bonchev–Trinajstić information content (AvgIpc) is 3.10. The fraction of sp³-hybridized carbons (Fsp3) is 0.138. The van der Waals surface area contributed by atoms with Gasteiger partial charge in [-0.25, -0.2) is 9.48 Å². The van der Waals surface area contributed by atoms with E-state index in [0.717, 1.165) is 0 Å². The number of rotatable bonds is 5. The monoisotopic (exact) mass is 495 g/mol. The first-order valence-corrected chi connectivity index (χ1v) is 11.7. The Hall–Kier alpha value is -4.85. The van der Waals surface area contributed by atoms with Crippen molar-refractivity contribution in [2.24, 2.45) is 7.05 Å². The van der Waals surface area contributed by atoms with Crippen LogP contribution >= 0.6 is 0 Å². The van der Waals surface area contributed by atoms with Gasteiger partial charge in [-0.2, -0.15) is 0 Å². The van der Waals surface area contributed by atoms with Gasteiger partial charge in [0.15, 0.2) is 0 Å². The van der Waals surface area contributed by atoms with E-state index in [9.17, 15) is 19.5 Å². The third-order valence-corrected chi connectivity index (χ3v) is 6.56. The van der Waals surface area contributed by atoms with Crippen molar-refractivity contribution in [1.82, 2.24) is 9.36 Å². The van der Waals surface area contributed by atoms with Crippen LogP contribution in [0.3, 0.4) is 0 Å². The van der Waals surface area contributed by atoms with Gasteiger partial charge in [0.2, 0.25) is 5.91 Å². The van der Waals surface area contributed by atoms with Gasteiger partial charge in [-0.3, -0.25) is 14.3 Å². The topological polar surface area (TPSA) is 106 Å². The van der Waals surface area contributed by atoms with Crippen LogP contribution in [0.4, 0.5) is 5.69 Å². The van der Waals surface area contributed by atoms with Gasteiger partial charge in [0.1, 0.15) is 11.3 Å². The van der Waals surface area contributed by atoms with Crippen molar-refractivity contribution in [3.8, 4) is 11.4 Å². The Bertz CT molecular complexity index is 1750. The zero-order valence-corrected chi connectivity index (χ0v) is 20.6. The average molecular weight is 496 g/mol. The standard InChI is InChI=1S/C29H25N3O5/c1-17-24(28(35)32(31(17)3)21-9-5-4-6-10-21)25(19-13-15-20(16-14-19)30-18(2)33)26-27(34)22-11-7-8-12-23(22)37-29(26)36/h4-16,25,34H,1-3H3,(H,30,33)/t25-/m1/s1. The lowest BCUT2D eigenvalue weighted by molar-refractivity contribution is -0.114. The molecule has 0 radical (unpaired) electrons. The predicted octanol–water partition coefficient (Wildman–Crippen LogP) is 4.44. The van der Waals surface area contributed by atoms with E-state index in [4.69, 9.17) is 4.42 Å². The van der Waals surface area contributed by atoms with Crippen molar-refractivity contribution in [2.75, 3.05) is 5.32 Å². The van der Waals surface area contributed by atoms with Crippen LogP contribution in [-0.4, -0.2) is 20.4 Å². The number of nitrogens with one attached hydrogen (secondary N) is 1. The molecule has 0 bridgehead atoms. The summed E-state index contributed by atoms with van der Waals surface area (Å²) in [5.74, 6) is -1.39. The van der Waals surface area contributed by atoms with E-state index >= 15 is 0 Å². The summed E-state index contributed by atoms with van der Waals surface area (Å²) in [6.45, 7) is 3.21. The SMILES string of the molecule is CC(=O)Nc1ccc([C@@H](c2c(O)c3ccccc3oc2=O)c2c(C)n(C)n(-c3ccccc3)c2=O)cc1. The van der Waals surface area contributed by atoms with Gasteiger partial charge >= 0.3 is 5.63 Å². The number of fused-ring (bicyclic) bond motifs is 1. The van der Waals surface area contributed by atoms with Crippen LogP contribution in [-0.2, 0) is 11.8 Å². The van der Waals surface area contributed by atoms with Crippen LogP contribution in [0.15, 0.2) is 92.9 Å². The minimum absolute atomic E-state index is 0.0306. The predicted molar refractivity (Wildman–Crippen MR) is 142 cm³/mol. The number of hydrogen-bond donors (Lipinski definition) is 2. The Balaban J connectivity index is 1.82. The lowest BCUT2D eigenvalue weighted by Gasteiger charge is -2.18. The molecule has 5 rings (SSSR count). The van der Waals surface area contributed by atoms with Crippen LogP contribution in [0, 0.1) is 6.92 Å². The molecular formula is C29H25N3O5. The summed E-state index contributed by atoms with van der Waals surface area (Å²) in [4.78, 5) is 38.8. The molecule has 0 aliphatic heterocycles. The van der Waals surface area contributed by atoms with E-state index < -0.39 is 11.5 Å². The van der Waals surface area contributed by atoms with E-state index in [1.807, 2.05) is 30.3 Å². The fourth-order valence-electron chi connectivity index (χ4n) is 4.76. The number of aromatic nitrogens is 2. The first-order valence-electron chi connectivity index (χ1n) is 11.7. The number of amides is 1. The molecule has 8 heteroatoms. The maximum atomic E-state index is 14.0. The maximum Gasteiger partial charge on any atom is 0.344 e. The maximum absolute atomic E-state index is 14.0. The molecule has 2 aromatic heterocycles. The number of aromatic hydroxyl groups is 1. The molecule has 0 aliphatic carbocycles. The van der Waals surface area contributed by atoms with Crippen molar-refractivity contribution >= 4 is 22.6 Å². The van der Waals surface area contributed by atoms with Crippen molar-refractivity contribution < 1.29 is 14.3 Å². The summed E-state index contributed by atoms with van der Waals surface area (Å²) >= 11 is 0. The van der Waals surface area contributed by atoms with Crippen LogP contribution < -0.4 is 16.5 Å². The Morgan fingerprint density at radius 3 is 2.24 bits per heavy atom. The summed E-state index contributed by atoms with van der Waals surface area (Å²) in [5.41, 5.74) is 1.92. The molecule has 2 N–H and O–H groups in total. The second-order valence-corrected chi connectivity index (χ2v) is 8.86. The van der Waals surface area contributed by atoms with Crippen molar-refractivity contribution in [3.05, 3.63) is 122 Å². The number of carbonyl (C=O) groups is 1. The molecule has 37 heavy (non-hydrogen) atoms. The molecule has 1 atom stereocenters. The molecule has 0 spiro atoms. The number of benzene rings is 3. The Kier molecular flexibility index (Phi) is 6.01. The molecule has 1 amide bonds. The quantitative estimate of drug-likeness (QED) is 0.351. The minimum Gasteiger partial charge on any atom is -0.507 e. The molecular weight excluding hydrogens is 470 g/mol. The van der Waals surface area contributed by atoms with Gasteiger partial charge in [0, 0.05) is 25.4 Å². The second kappa shape index (κ2) is 9.31. The molecule has 0 fully saturated rings. The lowest BCUT2D eigenvalue weighted by atomic mass is 9.85. The van der Waals surface area contributed by atoms with Crippen LogP contribution in [0.2, 0.25) is 0 Å². The zero-order valence-electron chi connectivity index (χ0n) is 20.6. The lowest BCUT2D eigenvalue weighted by Crippen LogP contribution is -2.24. The van der Waals surface area contributed by atoms with Crippen molar-refractivity contribution in [1.29, 1.82) is 0 Å². The second-order valence-electron chi connectivity index (χ2n) is 8.86. The van der Waals surface area contributed by atoms with E-state index in [0.29, 0.717) is 33.6 Å². The number of nitrogens with zero attached hydrogens (tertiary/aromatic N) is 2. The van der Waals surface area contributed by atoms with E-state index in [1.165, 1.54) is 11.6 Å². The van der Waals surface area contributed by atoms with Gasteiger partial charge < -0.3 is 14.8 Å². The summed E-state index contributed by atoms with van der Waals surface area (Å²) in [6, 6.07) is 22.7. The molecule has 3 aromatic carbocycles. The minimum atomic E-state index is -0.934. The zero-order chi connectivity index (χ0) is 26.3. The van der Waals surface area contributed by atoms with Crippen molar-refractivity contribution in [2.45, 2.75) is 19.8 Å². The van der Waals surface area contributed by atoms with Gasteiger partial charge in [0.25, 0.3) is 5.56 Å². The van der Waals surface area contributed by atoms with Gasteiger partial charge in [0.05, 0.1) is 28.1 Å². The summed E-state index contributed by atoms with van der Waals surface area (Å²) < 4.78 is 8.85. The third-order valence-electron chi connectivity index (χ3n) is 6.56. The van der Waals surface area contributed by atoms with Crippen LogP contribution in [0.25, 0.3) is 16.7 Å². The van der Waals surface area contributed by atoms with Crippen LogP contribution in [0.5, 0.6) is 5.75 Å². The van der Waals surface area contributed by atoms with E-state index in [-0.39, 0.29) is 28.4 Å². The Morgan fingerprint density at radius 2 is 1.57 bits per heavy atom. The highest BCUT2D eigenvalue weighted by atomic mass is 16.4. The Labute approximate surface area is 212 Å². The number of carbonyl (C=O) groups excluding carboxylic acids is 1. The highest BCUT2D eigenvalue weighted by Gasteiger charge is 2.32. The normalized spacial score (nSPS) is 12.0. The molecule has 0 saturated carbocycles. The smallest absolute Gasteiger partial charge is 0.344 e. The van der Waals surface area contributed by atoms with Crippen LogP contribution in [0.1, 0.15) is 35.2 Å². The number of hydrogen-bond acceptors (Lipinski definition) is 5. The molecule has 5 aromatic rings. The van der Waals surface area contributed by atoms with Gasteiger partial charge in [-0.1, -0.05) is 42.5 Å². The van der Waals surface area contributed by atoms with Gasteiger partial charge in [-0.15, -0.1) is 0 Å². The van der Waals surface area contributed by atoms with E-state index in [2.05, 4.69) is 5.32 Å². The van der Waals surface area contributed by atoms with Gasteiger partial charge in [-0.05, 0) is 48.9 Å². The first kappa shape index (κ1) is 23.9. The molecule has 186 valence electrons. The largest absolute Gasteiger partial charge is 0.507 e. The molecule has 8 nitrogen and oxygen atoms in total. The molecule has 0 saturated heterocycles. The fourth-order valence-corrected chi connectivity index (χ4v) is 4.76. The number of anilines is 1. The first-order chi connectivity index (χ1) is 17.8. The van der Waals surface area contributed by atoms with E-state index in [1.54, 1.807) is 67.2 Å². The summed E-state index contributed by atoms with van der Waals surface area (Å²) in [6.07, 6.45) is 0. The molecule has 0 aliphatic rings. The highest BCUT2D eigenvalue weighted by Crippen LogP contribution is 2.38. The van der Waals surface area contributed by atoms with Crippen molar-refractivity contribution in [3.63, 3.8) is 0 Å². The summed E-state index contributed by atoms with van der Waals surface area (Å²) in [5, 5.41) is 14.4. The Morgan fingerprint density at radius 1 is 0.919 bits per heavy atom. The molecule has 0 unspecified atom stereocenters. The number of para-hydroxylation sites is 2. The summed E-state index contributed by atoms with van der Waals surface area (Å²) in [7, 11) is 1.77. The third kappa shape index (κ3) is 4.12.